The molecule has 1 aromatic carbocycles. The normalized spacial score (nSPS) is 25.6. The highest BCUT2D eigenvalue weighted by Gasteiger charge is 2.37. The van der Waals surface area contributed by atoms with Gasteiger partial charge < -0.3 is 14.7 Å². The summed E-state index contributed by atoms with van der Waals surface area (Å²) in [7, 11) is 0. The van der Waals surface area contributed by atoms with Crippen molar-refractivity contribution >= 4 is 5.91 Å². The molecule has 1 N–H and O–H groups in total. The number of fused-ring (bicyclic) bond motifs is 1. The Kier molecular flexibility index (Phi) is 3.85. The van der Waals surface area contributed by atoms with E-state index in [0.717, 1.165) is 18.4 Å². The molecule has 114 valence electrons. The second kappa shape index (κ2) is 5.64. The van der Waals surface area contributed by atoms with Gasteiger partial charge in [0.15, 0.2) is 6.10 Å². The van der Waals surface area contributed by atoms with Crippen LogP contribution in [0, 0.1) is 5.82 Å². The standard InChI is InChI=1S/C16H20FNO3/c1-10(19)7-13-3-2-6-18(13)16(20)15-9-11-8-12(17)4-5-14(11)21-15/h4-5,8,10,13,15,19H,2-3,6-7,9H2,1H3. The number of nitrogens with zero attached hydrogens (tertiary/aromatic N) is 1. The van der Waals surface area contributed by atoms with Gasteiger partial charge in [0.25, 0.3) is 5.91 Å². The maximum absolute atomic E-state index is 13.2. The Bertz CT molecular complexity index is 546. The second-order valence-electron chi connectivity index (χ2n) is 5.98. The molecule has 2 aliphatic heterocycles. The van der Waals surface area contributed by atoms with Gasteiger partial charge >= 0.3 is 0 Å². The van der Waals surface area contributed by atoms with Crippen LogP contribution in [0.3, 0.4) is 0 Å². The number of amides is 1. The first-order valence-electron chi connectivity index (χ1n) is 7.48. The first-order valence-corrected chi connectivity index (χ1v) is 7.48. The van der Waals surface area contributed by atoms with E-state index < -0.39 is 12.2 Å². The van der Waals surface area contributed by atoms with Gasteiger partial charge in [0.1, 0.15) is 11.6 Å². The van der Waals surface area contributed by atoms with E-state index in [-0.39, 0.29) is 17.8 Å². The minimum atomic E-state index is -0.559. The predicted molar refractivity (Wildman–Crippen MR) is 75.6 cm³/mol. The summed E-state index contributed by atoms with van der Waals surface area (Å²) in [6.07, 6.45) is 1.92. The first-order chi connectivity index (χ1) is 10.0. The summed E-state index contributed by atoms with van der Waals surface area (Å²) in [5.41, 5.74) is 0.750. The average Bonchev–Trinajstić information content (AvgIpc) is 3.03. The minimum absolute atomic E-state index is 0.0465. The summed E-state index contributed by atoms with van der Waals surface area (Å²) >= 11 is 0. The van der Waals surface area contributed by atoms with Gasteiger partial charge in [-0.05, 0) is 44.4 Å². The highest BCUT2D eigenvalue weighted by atomic mass is 19.1. The molecule has 1 saturated heterocycles. The van der Waals surface area contributed by atoms with Crippen molar-refractivity contribution in [3.8, 4) is 5.75 Å². The molecule has 0 aliphatic carbocycles. The third kappa shape index (κ3) is 2.88. The fourth-order valence-electron chi connectivity index (χ4n) is 3.30. The molecule has 2 aliphatic rings. The number of aliphatic hydroxyl groups excluding tert-OH is 1. The number of carbonyl (C=O) groups is 1. The first kappa shape index (κ1) is 14.3. The third-order valence-corrected chi connectivity index (χ3v) is 4.25. The van der Waals surface area contributed by atoms with Crippen molar-refractivity contribution in [2.75, 3.05) is 6.54 Å². The third-order valence-electron chi connectivity index (χ3n) is 4.25. The predicted octanol–water partition coefficient (Wildman–Crippen LogP) is 1.89. The molecular weight excluding hydrogens is 273 g/mol. The van der Waals surface area contributed by atoms with Gasteiger partial charge in [0.05, 0.1) is 6.10 Å². The van der Waals surface area contributed by atoms with Crippen LogP contribution >= 0.6 is 0 Å². The Hall–Kier alpha value is -1.62. The number of aliphatic hydroxyl groups is 1. The fourth-order valence-corrected chi connectivity index (χ4v) is 3.30. The zero-order valence-electron chi connectivity index (χ0n) is 12.1. The molecule has 21 heavy (non-hydrogen) atoms. The Morgan fingerprint density at radius 2 is 2.38 bits per heavy atom. The van der Waals surface area contributed by atoms with Crippen LogP contribution in [-0.4, -0.2) is 40.7 Å². The van der Waals surface area contributed by atoms with Crippen LogP contribution in [-0.2, 0) is 11.2 Å². The number of likely N-dealkylation sites (tertiary alicyclic amines) is 1. The van der Waals surface area contributed by atoms with Gasteiger partial charge in [-0.3, -0.25) is 4.79 Å². The quantitative estimate of drug-likeness (QED) is 0.926. The van der Waals surface area contributed by atoms with Crippen molar-refractivity contribution in [2.45, 2.75) is 50.9 Å². The lowest BCUT2D eigenvalue weighted by Gasteiger charge is -2.27. The van der Waals surface area contributed by atoms with Gasteiger partial charge in [-0.1, -0.05) is 0 Å². The minimum Gasteiger partial charge on any atom is -0.480 e. The van der Waals surface area contributed by atoms with E-state index in [1.54, 1.807) is 13.0 Å². The van der Waals surface area contributed by atoms with Crippen LogP contribution in [0.25, 0.3) is 0 Å². The molecule has 5 heteroatoms. The largest absolute Gasteiger partial charge is 0.480 e. The molecular formula is C16H20FNO3. The smallest absolute Gasteiger partial charge is 0.264 e. The van der Waals surface area contributed by atoms with Crippen LogP contribution in [0.4, 0.5) is 4.39 Å². The van der Waals surface area contributed by atoms with E-state index in [9.17, 15) is 14.3 Å². The lowest BCUT2D eigenvalue weighted by Crippen LogP contribution is -2.44. The number of carbonyl (C=O) groups excluding carboxylic acids is 1. The van der Waals surface area contributed by atoms with Crippen molar-refractivity contribution in [1.82, 2.24) is 4.90 Å². The van der Waals surface area contributed by atoms with E-state index in [4.69, 9.17) is 4.74 Å². The number of hydrogen-bond donors (Lipinski definition) is 1. The summed E-state index contributed by atoms with van der Waals surface area (Å²) in [5, 5.41) is 9.54. The molecule has 3 rings (SSSR count). The average molecular weight is 293 g/mol. The van der Waals surface area contributed by atoms with E-state index in [0.29, 0.717) is 25.1 Å². The topological polar surface area (TPSA) is 49.8 Å². The number of benzene rings is 1. The Balaban J connectivity index is 1.69. The van der Waals surface area contributed by atoms with Crippen molar-refractivity contribution in [2.24, 2.45) is 0 Å². The fraction of sp³-hybridized carbons (Fsp3) is 0.562. The molecule has 4 nitrogen and oxygen atoms in total. The van der Waals surface area contributed by atoms with Gasteiger partial charge in [-0.2, -0.15) is 0 Å². The van der Waals surface area contributed by atoms with E-state index in [1.807, 2.05) is 4.90 Å². The molecule has 0 bridgehead atoms. The number of hydrogen-bond acceptors (Lipinski definition) is 3. The summed E-state index contributed by atoms with van der Waals surface area (Å²) in [6, 6.07) is 4.44. The van der Waals surface area contributed by atoms with E-state index in [2.05, 4.69) is 0 Å². The highest BCUT2D eigenvalue weighted by molar-refractivity contribution is 5.83. The van der Waals surface area contributed by atoms with Gasteiger partial charge in [0, 0.05) is 24.6 Å². The van der Waals surface area contributed by atoms with Crippen LogP contribution in [0.2, 0.25) is 0 Å². The lowest BCUT2D eigenvalue weighted by atomic mass is 10.1. The zero-order chi connectivity index (χ0) is 15.0. The summed E-state index contributed by atoms with van der Waals surface area (Å²) in [5.74, 6) is 0.245. The van der Waals surface area contributed by atoms with Gasteiger partial charge in [-0.15, -0.1) is 0 Å². The molecule has 0 aromatic heterocycles. The van der Waals surface area contributed by atoms with Crippen LogP contribution < -0.4 is 4.74 Å². The highest BCUT2D eigenvalue weighted by Crippen LogP contribution is 2.32. The maximum atomic E-state index is 13.2. The molecule has 2 heterocycles. The molecule has 0 radical (unpaired) electrons. The summed E-state index contributed by atoms with van der Waals surface area (Å²) in [6.45, 7) is 2.45. The number of halogens is 1. The van der Waals surface area contributed by atoms with Gasteiger partial charge in [-0.25, -0.2) is 4.39 Å². The Morgan fingerprint density at radius 1 is 1.57 bits per heavy atom. The van der Waals surface area contributed by atoms with E-state index >= 15 is 0 Å². The Morgan fingerprint density at radius 3 is 3.14 bits per heavy atom. The zero-order valence-corrected chi connectivity index (χ0v) is 12.1. The molecule has 3 unspecified atom stereocenters. The second-order valence-corrected chi connectivity index (χ2v) is 5.98. The molecule has 0 spiro atoms. The molecule has 1 fully saturated rings. The molecule has 1 aromatic rings. The molecule has 3 atom stereocenters. The van der Waals surface area contributed by atoms with Crippen molar-refractivity contribution in [3.05, 3.63) is 29.6 Å². The molecule has 0 saturated carbocycles. The van der Waals surface area contributed by atoms with Gasteiger partial charge in [0.2, 0.25) is 0 Å². The van der Waals surface area contributed by atoms with Crippen molar-refractivity contribution in [1.29, 1.82) is 0 Å². The SMILES string of the molecule is CC(O)CC1CCCN1C(=O)C1Cc2cc(F)ccc2O1. The lowest BCUT2D eigenvalue weighted by molar-refractivity contribution is -0.139. The number of ether oxygens (including phenoxy) is 1. The summed E-state index contributed by atoms with van der Waals surface area (Å²) in [4.78, 5) is 14.4. The van der Waals surface area contributed by atoms with Crippen molar-refractivity contribution < 1.29 is 19.0 Å². The van der Waals surface area contributed by atoms with Crippen LogP contribution in [0.5, 0.6) is 5.75 Å². The number of rotatable bonds is 3. The van der Waals surface area contributed by atoms with Crippen LogP contribution in [0.15, 0.2) is 18.2 Å². The maximum Gasteiger partial charge on any atom is 0.264 e. The van der Waals surface area contributed by atoms with Crippen LogP contribution in [0.1, 0.15) is 31.7 Å². The van der Waals surface area contributed by atoms with Crippen molar-refractivity contribution in [3.63, 3.8) is 0 Å². The Labute approximate surface area is 123 Å². The monoisotopic (exact) mass is 293 g/mol. The van der Waals surface area contributed by atoms with E-state index in [1.165, 1.54) is 12.1 Å². The summed E-state index contributed by atoms with van der Waals surface area (Å²) < 4.78 is 18.9. The molecule has 1 amide bonds.